The van der Waals surface area contributed by atoms with Crippen LogP contribution in [0, 0.1) is 0 Å². The molecule has 1 rings (SSSR count). The number of hydrogen-bond acceptors (Lipinski definition) is 2. The van der Waals surface area contributed by atoms with Crippen LogP contribution in [-0.4, -0.2) is 11.5 Å². The molecule has 0 aromatic heterocycles. The van der Waals surface area contributed by atoms with Gasteiger partial charge < -0.3 is 0 Å². The Bertz CT molecular complexity index is 25.2. The molecule has 1 heterocycles. The van der Waals surface area contributed by atoms with Crippen LogP contribution in [0.25, 0.3) is 0 Å². The lowest BCUT2D eigenvalue weighted by Crippen LogP contribution is -1.86. The minimum atomic E-state index is 0. The van der Waals surface area contributed by atoms with Crippen molar-refractivity contribution in [1.29, 1.82) is 0 Å². The molecule has 0 N–H and O–H groups in total. The molecule has 1 fully saturated rings. The molecule has 0 aromatic carbocycles. The van der Waals surface area contributed by atoms with Gasteiger partial charge in [0.2, 0.25) is 0 Å². The van der Waals surface area contributed by atoms with E-state index in [4.69, 9.17) is 0 Å². The summed E-state index contributed by atoms with van der Waals surface area (Å²) in [4.78, 5) is 0. The fraction of sp³-hybridized carbons (Fsp3) is 1.00. The van der Waals surface area contributed by atoms with E-state index in [0.29, 0.717) is 0 Å². The highest BCUT2D eigenvalue weighted by molar-refractivity contribution is 8.76. The smallest absolute Gasteiger partial charge is 0.00372 e. The van der Waals surface area contributed by atoms with Crippen LogP contribution < -0.4 is 0 Å². The van der Waals surface area contributed by atoms with Crippen molar-refractivity contribution in [2.75, 3.05) is 11.5 Å². The van der Waals surface area contributed by atoms with Crippen molar-refractivity contribution in [3.8, 4) is 0 Å². The first-order valence-electron chi connectivity index (χ1n) is 2.24. The highest BCUT2D eigenvalue weighted by atomic mass is 35.5. The normalized spacial score (nSPS) is 20.6. The third kappa shape index (κ3) is 3.56. The molecule has 1 aliphatic heterocycles. The minimum Gasteiger partial charge on any atom is -0.147 e. The largest absolute Gasteiger partial charge is 0.147 e. The van der Waals surface area contributed by atoms with E-state index in [0.717, 1.165) is 0 Å². The lowest BCUT2D eigenvalue weighted by atomic mass is 10.4. The van der Waals surface area contributed by atoms with Crippen LogP contribution in [0.4, 0.5) is 0 Å². The molecule has 7 heavy (non-hydrogen) atoms. The molecule has 0 radical (unpaired) electrons. The van der Waals surface area contributed by atoms with Crippen LogP contribution in [0.3, 0.4) is 0 Å². The maximum absolute atomic E-state index is 2.01. The first-order chi connectivity index (χ1) is 3.00. The second-order valence-corrected chi connectivity index (χ2v) is 4.05. The number of rotatable bonds is 0. The van der Waals surface area contributed by atoms with E-state index in [1.54, 1.807) is 0 Å². The molecule has 0 nitrogen and oxygen atoms in total. The van der Waals surface area contributed by atoms with E-state index >= 15 is 0 Å². The maximum Gasteiger partial charge on any atom is 0.00372 e. The van der Waals surface area contributed by atoms with Crippen molar-refractivity contribution in [3.63, 3.8) is 0 Å². The van der Waals surface area contributed by atoms with Crippen molar-refractivity contribution in [2.45, 2.75) is 12.8 Å². The fourth-order valence-electron chi connectivity index (χ4n) is 0.440. The Morgan fingerprint density at radius 1 is 0.857 bits per heavy atom. The molecule has 0 atom stereocenters. The van der Waals surface area contributed by atoms with Crippen LogP contribution in [0.2, 0.25) is 0 Å². The summed E-state index contributed by atoms with van der Waals surface area (Å²) in [5.74, 6) is 2.76. The summed E-state index contributed by atoms with van der Waals surface area (Å²) >= 11 is 0. The van der Waals surface area contributed by atoms with Gasteiger partial charge in [-0.15, -0.1) is 12.4 Å². The standard InChI is InChI=1S/C4H8S2.ClH/c1-2-4-6-5-3-1;/h1-4H2;1H. The molecule has 0 unspecified atom stereocenters. The van der Waals surface area contributed by atoms with Crippen molar-refractivity contribution in [1.82, 2.24) is 0 Å². The van der Waals surface area contributed by atoms with Crippen LogP contribution in [-0.2, 0) is 0 Å². The van der Waals surface area contributed by atoms with Gasteiger partial charge in [0.05, 0.1) is 0 Å². The number of hydrogen-bond donors (Lipinski definition) is 0. The van der Waals surface area contributed by atoms with Gasteiger partial charge in [-0.25, -0.2) is 0 Å². The zero-order chi connectivity index (χ0) is 4.24. The second kappa shape index (κ2) is 5.13. The van der Waals surface area contributed by atoms with E-state index < -0.39 is 0 Å². The highest BCUT2D eigenvalue weighted by Gasteiger charge is 1.96. The molecule has 1 aliphatic rings. The quantitative estimate of drug-likeness (QED) is 0.495. The number of halogens is 1. The molecule has 0 spiro atoms. The summed E-state index contributed by atoms with van der Waals surface area (Å²) in [6, 6.07) is 0. The zero-order valence-electron chi connectivity index (χ0n) is 4.05. The monoisotopic (exact) mass is 156 g/mol. The topological polar surface area (TPSA) is 0 Å². The van der Waals surface area contributed by atoms with Gasteiger partial charge in [0.15, 0.2) is 0 Å². The Kier molecular flexibility index (Phi) is 5.86. The Labute approximate surface area is 58.6 Å². The molecule has 0 aromatic rings. The SMILES string of the molecule is C1CCSSC1.Cl. The van der Waals surface area contributed by atoms with Crippen molar-refractivity contribution < 1.29 is 0 Å². The zero-order valence-corrected chi connectivity index (χ0v) is 6.50. The van der Waals surface area contributed by atoms with Crippen LogP contribution in [0.5, 0.6) is 0 Å². The van der Waals surface area contributed by atoms with Gasteiger partial charge in [0.1, 0.15) is 0 Å². The Morgan fingerprint density at radius 2 is 1.29 bits per heavy atom. The predicted octanol–water partition coefficient (Wildman–Crippen LogP) is 2.58. The molecule has 44 valence electrons. The van der Waals surface area contributed by atoms with E-state index in [1.807, 2.05) is 21.6 Å². The molecular formula is C4H9ClS2. The summed E-state index contributed by atoms with van der Waals surface area (Å²) < 4.78 is 0. The van der Waals surface area contributed by atoms with Crippen molar-refractivity contribution in [3.05, 3.63) is 0 Å². The van der Waals surface area contributed by atoms with Gasteiger partial charge in [-0.2, -0.15) is 0 Å². The Balaban J connectivity index is 0.000000360. The van der Waals surface area contributed by atoms with Gasteiger partial charge in [-0.3, -0.25) is 0 Å². The summed E-state index contributed by atoms with van der Waals surface area (Å²) in [6.07, 6.45) is 2.88. The second-order valence-electron chi connectivity index (χ2n) is 1.35. The highest BCUT2D eigenvalue weighted by Crippen LogP contribution is 2.28. The molecule has 3 heteroatoms. The van der Waals surface area contributed by atoms with Gasteiger partial charge in [-0.05, 0) is 12.8 Å². The molecule has 0 saturated carbocycles. The van der Waals surface area contributed by atoms with Gasteiger partial charge in [0, 0.05) is 11.5 Å². The molecule has 0 amide bonds. The summed E-state index contributed by atoms with van der Waals surface area (Å²) in [6.45, 7) is 0. The predicted molar refractivity (Wildman–Crippen MR) is 41.4 cm³/mol. The van der Waals surface area contributed by atoms with Crippen molar-refractivity contribution in [2.24, 2.45) is 0 Å². The lowest BCUT2D eigenvalue weighted by Gasteiger charge is -2.04. The van der Waals surface area contributed by atoms with Crippen LogP contribution >= 0.6 is 34.0 Å². The maximum atomic E-state index is 2.01. The van der Waals surface area contributed by atoms with Gasteiger partial charge in [-0.1, -0.05) is 21.6 Å². The van der Waals surface area contributed by atoms with Crippen molar-refractivity contribution >= 4 is 34.0 Å². The first-order valence-corrected chi connectivity index (χ1v) is 4.73. The third-order valence-electron chi connectivity index (χ3n) is 0.789. The molecule has 1 saturated heterocycles. The summed E-state index contributed by atoms with van der Waals surface area (Å²) in [5, 5.41) is 0. The minimum absolute atomic E-state index is 0. The van der Waals surface area contributed by atoms with Crippen LogP contribution in [0.15, 0.2) is 0 Å². The van der Waals surface area contributed by atoms with Gasteiger partial charge >= 0.3 is 0 Å². The molecule has 0 aliphatic carbocycles. The molecular weight excluding hydrogens is 148 g/mol. The summed E-state index contributed by atoms with van der Waals surface area (Å²) in [7, 11) is 4.02. The van der Waals surface area contributed by atoms with E-state index in [-0.39, 0.29) is 12.4 Å². The summed E-state index contributed by atoms with van der Waals surface area (Å²) in [5.41, 5.74) is 0. The molecule has 0 bridgehead atoms. The Hall–Kier alpha value is 0.990. The fourth-order valence-corrected chi connectivity index (χ4v) is 2.73. The van der Waals surface area contributed by atoms with E-state index in [2.05, 4.69) is 0 Å². The van der Waals surface area contributed by atoms with E-state index in [1.165, 1.54) is 24.3 Å². The van der Waals surface area contributed by atoms with Crippen LogP contribution in [0.1, 0.15) is 12.8 Å². The average Bonchev–Trinajstić information content (AvgIpc) is 1.72. The lowest BCUT2D eigenvalue weighted by molar-refractivity contribution is 0.906. The average molecular weight is 157 g/mol. The van der Waals surface area contributed by atoms with Gasteiger partial charge in [0.25, 0.3) is 0 Å². The third-order valence-corrected chi connectivity index (χ3v) is 3.37. The Morgan fingerprint density at radius 3 is 1.43 bits per heavy atom. The van der Waals surface area contributed by atoms with E-state index in [9.17, 15) is 0 Å². The first kappa shape index (κ1) is 7.99.